The van der Waals surface area contributed by atoms with Gasteiger partial charge in [-0.2, -0.15) is 0 Å². The molecule has 0 aromatic heterocycles. The lowest BCUT2D eigenvalue weighted by molar-refractivity contribution is 0.162. The summed E-state index contributed by atoms with van der Waals surface area (Å²) in [6, 6.07) is 0. The van der Waals surface area contributed by atoms with Crippen molar-refractivity contribution >= 4 is 30.9 Å². The lowest BCUT2D eigenvalue weighted by atomic mass is 10.3. The van der Waals surface area contributed by atoms with E-state index >= 15 is 0 Å². The molecular formula is C8H17Cl2N2O2P. The first-order valence-electron chi connectivity index (χ1n) is 5.03. The first kappa shape index (κ1) is 13.8. The minimum Gasteiger partial charge on any atom is -0.303 e. The SMILES string of the molecule is C[C@H]1CCNP(=O)(N(CCCl)CCCl)O1. The Morgan fingerprint density at radius 2 is 2.07 bits per heavy atom. The molecule has 1 aliphatic rings. The second-order valence-corrected chi connectivity index (χ2v) is 6.35. The summed E-state index contributed by atoms with van der Waals surface area (Å²) >= 11 is 11.3. The molecular weight excluding hydrogens is 258 g/mol. The molecule has 0 aromatic carbocycles. The molecule has 0 saturated carbocycles. The summed E-state index contributed by atoms with van der Waals surface area (Å²) in [5, 5.41) is 2.94. The number of nitrogens with one attached hydrogen (secondary N) is 1. The lowest BCUT2D eigenvalue weighted by Gasteiger charge is -2.35. The highest BCUT2D eigenvalue weighted by Gasteiger charge is 2.35. The van der Waals surface area contributed by atoms with Crippen molar-refractivity contribution in [3.05, 3.63) is 0 Å². The summed E-state index contributed by atoms with van der Waals surface area (Å²) in [6.45, 7) is 3.67. The molecule has 1 saturated heterocycles. The minimum absolute atomic E-state index is 0.0187. The second-order valence-electron chi connectivity index (χ2n) is 3.46. The Bertz CT molecular complexity index is 237. The van der Waals surface area contributed by atoms with Crippen LogP contribution in [0, 0.1) is 0 Å². The van der Waals surface area contributed by atoms with Gasteiger partial charge in [0.15, 0.2) is 0 Å². The van der Waals surface area contributed by atoms with Crippen molar-refractivity contribution < 1.29 is 9.09 Å². The van der Waals surface area contributed by atoms with Crippen LogP contribution in [-0.4, -0.2) is 42.2 Å². The molecule has 90 valence electrons. The Kier molecular flexibility index (Phi) is 5.90. The highest BCUT2D eigenvalue weighted by molar-refractivity contribution is 7.54. The van der Waals surface area contributed by atoms with Gasteiger partial charge in [-0.3, -0.25) is 4.57 Å². The van der Waals surface area contributed by atoms with E-state index in [1.54, 1.807) is 4.67 Å². The summed E-state index contributed by atoms with van der Waals surface area (Å²) < 4.78 is 19.6. The van der Waals surface area contributed by atoms with Gasteiger partial charge in [0.05, 0.1) is 6.10 Å². The van der Waals surface area contributed by atoms with Crippen LogP contribution >= 0.6 is 30.9 Å². The molecule has 1 N–H and O–H groups in total. The highest BCUT2D eigenvalue weighted by Crippen LogP contribution is 2.49. The summed E-state index contributed by atoms with van der Waals surface area (Å²) in [6.07, 6.45) is 0.893. The third-order valence-corrected chi connectivity index (χ3v) is 4.99. The Balaban J connectivity index is 2.66. The van der Waals surface area contributed by atoms with Crippen molar-refractivity contribution in [2.24, 2.45) is 0 Å². The van der Waals surface area contributed by atoms with Crippen molar-refractivity contribution in [3.8, 4) is 0 Å². The quantitative estimate of drug-likeness (QED) is 0.617. The lowest BCUT2D eigenvalue weighted by Crippen LogP contribution is -2.38. The van der Waals surface area contributed by atoms with Gasteiger partial charge in [0.1, 0.15) is 0 Å². The zero-order valence-electron chi connectivity index (χ0n) is 8.79. The molecule has 2 atom stereocenters. The average Bonchev–Trinajstić information content (AvgIpc) is 2.17. The number of hydrogen-bond donors (Lipinski definition) is 1. The summed E-state index contributed by atoms with van der Waals surface area (Å²) in [5.41, 5.74) is 0. The second kappa shape index (κ2) is 6.43. The first-order chi connectivity index (χ1) is 7.12. The molecule has 1 fully saturated rings. The van der Waals surface area contributed by atoms with E-state index < -0.39 is 7.67 Å². The van der Waals surface area contributed by atoms with Gasteiger partial charge in [-0.05, 0) is 13.3 Å². The maximum absolute atomic E-state index is 12.4. The van der Waals surface area contributed by atoms with Gasteiger partial charge >= 0.3 is 7.67 Å². The molecule has 1 heterocycles. The van der Waals surface area contributed by atoms with E-state index in [1.807, 2.05) is 6.92 Å². The van der Waals surface area contributed by atoms with E-state index in [1.165, 1.54) is 0 Å². The van der Waals surface area contributed by atoms with E-state index in [0.717, 1.165) is 6.42 Å². The molecule has 0 spiro atoms. The zero-order valence-corrected chi connectivity index (χ0v) is 11.2. The van der Waals surface area contributed by atoms with E-state index in [0.29, 0.717) is 31.4 Å². The Labute approximate surface area is 101 Å². The van der Waals surface area contributed by atoms with Gasteiger partial charge in [0.25, 0.3) is 0 Å². The first-order valence-corrected chi connectivity index (χ1v) is 7.68. The van der Waals surface area contributed by atoms with Crippen LogP contribution in [0.15, 0.2) is 0 Å². The molecule has 7 heteroatoms. The molecule has 0 bridgehead atoms. The number of halogens is 2. The maximum atomic E-state index is 12.4. The van der Waals surface area contributed by atoms with Crippen LogP contribution in [0.5, 0.6) is 0 Å². The molecule has 1 rings (SSSR count). The number of alkyl halides is 2. The van der Waals surface area contributed by atoms with E-state index in [-0.39, 0.29) is 6.10 Å². The molecule has 0 aliphatic carbocycles. The Hall–Kier alpha value is 0.690. The van der Waals surface area contributed by atoms with E-state index in [9.17, 15) is 4.57 Å². The molecule has 4 nitrogen and oxygen atoms in total. The largest absolute Gasteiger partial charge is 0.343 e. The Morgan fingerprint density at radius 1 is 1.47 bits per heavy atom. The molecule has 0 amide bonds. The molecule has 0 aromatic rings. The third-order valence-electron chi connectivity index (χ3n) is 2.24. The highest BCUT2D eigenvalue weighted by atomic mass is 35.5. The number of rotatable bonds is 5. The fraction of sp³-hybridized carbons (Fsp3) is 1.00. The maximum Gasteiger partial charge on any atom is 0.343 e. The Morgan fingerprint density at radius 3 is 2.53 bits per heavy atom. The van der Waals surface area contributed by atoms with Crippen molar-refractivity contribution in [1.82, 2.24) is 9.76 Å². The predicted molar refractivity (Wildman–Crippen MR) is 63.8 cm³/mol. The van der Waals surface area contributed by atoms with Gasteiger partial charge in [0.2, 0.25) is 0 Å². The van der Waals surface area contributed by atoms with Crippen molar-refractivity contribution in [2.75, 3.05) is 31.4 Å². The van der Waals surface area contributed by atoms with Gasteiger partial charge in [-0.1, -0.05) is 0 Å². The van der Waals surface area contributed by atoms with E-state index in [4.69, 9.17) is 27.7 Å². The summed E-state index contributed by atoms with van der Waals surface area (Å²) in [5.74, 6) is 0.834. The normalized spacial score (nSPS) is 32.1. The summed E-state index contributed by atoms with van der Waals surface area (Å²) in [4.78, 5) is 0. The molecule has 0 radical (unpaired) electrons. The van der Waals surface area contributed by atoms with Crippen LogP contribution in [0.1, 0.15) is 13.3 Å². The monoisotopic (exact) mass is 274 g/mol. The minimum atomic E-state index is -2.90. The number of hydrogen-bond acceptors (Lipinski definition) is 2. The van der Waals surface area contributed by atoms with Crippen LogP contribution in [-0.2, 0) is 9.09 Å². The fourth-order valence-corrected chi connectivity index (χ4v) is 4.26. The van der Waals surface area contributed by atoms with Crippen molar-refractivity contribution in [2.45, 2.75) is 19.4 Å². The van der Waals surface area contributed by atoms with Crippen LogP contribution in [0.3, 0.4) is 0 Å². The van der Waals surface area contributed by atoms with Gasteiger partial charge in [-0.15, -0.1) is 23.2 Å². The standard InChI is InChI=1S/C8H17Cl2N2O2P/c1-8-2-5-11-15(13,14-8)12(6-3-9)7-4-10/h8H,2-7H2,1H3,(H,11,13)/t8-,15?/m0/s1. The van der Waals surface area contributed by atoms with Crippen LogP contribution in [0.2, 0.25) is 0 Å². The van der Waals surface area contributed by atoms with E-state index in [2.05, 4.69) is 5.09 Å². The van der Waals surface area contributed by atoms with Crippen LogP contribution in [0.25, 0.3) is 0 Å². The van der Waals surface area contributed by atoms with Crippen LogP contribution < -0.4 is 5.09 Å². The molecule has 15 heavy (non-hydrogen) atoms. The molecule has 1 unspecified atom stereocenters. The smallest absolute Gasteiger partial charge is 0.303 e. The van der Waals surface area contributed by atoms with Crippen LogP contribution in [0.4, 0.5) is 0 Å². The predicted octanol–water partition coefficient (Wildman–Crippen LogP) is 2.27. The molecule has 1 aliphatic heterocycles. The fourth-order valence-electron chi connectivity index (χ4n) is 1.48. The average molecular weight is 275 g/mol. The van der Waals surface area contributed by atoms with Gasteiger partial charge in [-0.25, -0.2) is 9.76 Å². The van der Waals surface area contributed by atoms with Crippen molar-refractivity contribution in [1.29, 1.82) is 0 Å². The zero-order chi connectivity index (χ0) is 11.3. The van der Waals surface area contributed by atoms with Crippen molar-refractivity contribution in [3.63, 3.8) is 0 Å². The number of nitrogens with zero attached hydrogens (tertiary/aromatic N) is 1. The van der Waals surface area contributed by atoms with Gasteiger partial charge < -0.3 is 4.52 Å². The third kappa shape index (κ3) is 3.88. The van der Waals surface area contributed by atoms with Gasteiger partial charge in [0, 0.05) is 31.4 Å². The topological polar surface area (TPSA) is 41.6 Å². The summed E-state index contributed by atoms with van der Waals surface area (Å²) in [7, 11) is -2.90.